The van der Waals surface area contributed by atoms with Gasteiger partial charge in [0.15, 0.2) is 5.13 Å². The van der Waals surface area contributed by atoms with Gasteiger partial charge in [0.2, 0.25) is 5.91 Å². The number of carbonyl (C=O) groups is 1. The molecule has 3 aromatic rings. The highest BCUT2D eigenvalue weighted by atomic mass is 32.1. The zero-order chi connectivity index (χ0) is 16.4. The van der Waals surface area contributed by atoms with Crippen molar-refractivity contribution in [1.29, 1.82) is 0 Å². The van der Waals surface area contributed by atoms with E-state index >= 15 is 0 Å². The van der Waals surface area contributed by atoms with Gasteiger partial charge in [-0.05, 0) is 37.1 Å². The summed E-state index contributed by atoms with van der Waals surface area (Å²) in [6, 6.07) is 13.8. The molecule has 2 aromatic heterocycles. The molecule has 122 valence electrons. The first-order valence-electron chi connectivity index (χ1n) is 8.38. The van der Waals surface area contributed by atoms with Crippen LogP contribution in [0.3, 0.4) is 0 Å². The standard InChI is InChI=1S/C19H19N3OS/c23-18(14-7-1-2-8-14)22(13-15-9-5-6-12-20-15)19-21-16-10-3-4-11-17(16)24-19/h3-6,9-12,14H,1-2,7-8,13H2. The Bertz CT molecular complexity index is 807. The molecule has 1 aliphatic carbocycles. The number of benzene rings is 1. The Labute approximate surface area is 145 Å². The minimum Gasteiger partial charge on any atom is -0.282 e. The van der Waals surface area contributed by atoms with Crippen LogP contribution in [-0.2, 0) is 11.3 Å². The van der Waals surface area contributed by atoms with Crippen molar-refractivity contribution in [3.8, 4) is 0 Å². The van der Waals surface area contributed by atoms with Crippen LogP contribution < -0.4 is 4.90 Å². The van der Waals surface area contributed by atoms with Crippen LogP contribution in [-0.4, -0.2) is 15.9 Å². The van der Waals surface area contributed by atoms with E-state index < -0.39 is 0 Å². The molecule has 1 fully saturated rings. The number of thiazole rings is 1. The number of fused-ring (bicyclic) bond motifs is 1. The number of hydrogen-bond donors (Lipinski definition) is 0. The third-order valence-corrected chi connectivity index (χ3v) is 5.59. The molecule has 0 N–H and O–H groups in total. The maximum absolute atomic E-state index is 13.1. The average Bonchev–Trinajstić information content (AvgIpc) is 3.29. The van der Waals surface area contributed by atoms with E-state index in [9.17, 15) is 4.79 Å². The first-order valence-corrected chi connectivity index (χ1v) is 9.20. The molecule has 0 aliphatic heterocycles. The van der Waals surface area contributed by atoms with Crippen molar-refractivity contribution < 1.29 is 4.79 Å². The third kappa shape index (κ3) is 3.04. The SMILES string of the molecule is O=C(C1CCCC1)N(Cc1ccccn1)c1nc2ccccc2s1. The highest BCUT2D eigenvalue weighted by molar-refractivity contribution is 7.22. The molecule has 1 aromatic carbocycles. The van der Waals surface area contributed by atoms with E-state index in [0.717, 1.165) is 46.7 Å². The molecule has 4 nitrogen and oxygen atoms in total. The smallest absolute Gasteiger partial charge is 0.232 e. The van der Waals surface area contributed by atoms with Gasteiger partial charge in [-0.2, -0.15) is 0 Å². The number of aromatic nitrogens is 2. The van der Waals surface area contributed by atoms with Gasteiger partial charge in [0.25, 0.3) is 0 Å². The molecule has 2 heterocycles. The number of rotatable bonds is 4. The number of carbonyl (C=O) groups excluding carboxylic acids is 1. The Morgan fingerprint density at radius 2 is 1.92 bits per heavy atom. The van der Waals surface area contributed by atoms with Gasteiger partial charge in [-0.1, -0.05) is 42.4 Å². The van der Waals surface area contributed by atoms with Crippen LogP contribution in [0.1, 0.15) is 31.4 Å². The predicted octanol–water partition coefficient (Wildman–Crippen LogP) is 4.41. The minimum atomic E-state index is 0.126. The zero-order valence-electron chi connectivity index (χ0n) is 13.4. The second-order valence-corrected chi connectivity index (χ2v) is 7.20. The summed E-state index contributed by atoms with van der Waals surface area (Å²) in [5, 5.41) is 0.777. The molecule has 0 bridgehead atoms. The summed E-state index contributed by atoms with van der Waals surface area (Å²) >= 11 is 1.58. The lowest BCUT2D eigenvalue weighted by Crippen LogP contribution is -2.35. The fraction of sp³-hybridized carbons (Fsp3) is 0.316. The van der Waals surface area contributed by atoms with E-state index in [0.29, 0.717) is 6.54 Å². The molecule has 0 spiro atoms. The van der Waals surface area contributed by atoms with E-state index in [-0.39, 0.29) is 11.8 Å². The van der Waals surface area contributed by atoms with Gasteiger partial charge in [0, 0.05) is 12.1 Å². The van der Waals surface area contributed by atoms with E-state index in [1.807, 2.05) is 41.3 Å². The highest BCUT2D eigenvalue weighted by Crippen LogP contribution is 2.33. The summed E-state index contributed by atoms with van der Waals surface area (Å²) in [6.45, 7) is 0.482. The van der Waals surface area contributed by atoms with E-state index in [1.54, 1.807) is 17.5 Å². The lowest BCUT2D eigenvalue weighted by Gasteiger charge is -2.22. The fourth-order valence-electron chi connectivity index (χ4n) is 3.26. The van der Waals surface area contributed by atoms with Crippen molar-refractivity contribution in [2.24, 2.45) is 5.92 Å². The van der Waals surface area contributed by atoms with Gasteiger partial charge >= 0.3 is 0 Å². The second-order valence-electron chi connectivity index (χ2n) is 6.19. The van der Waals surface area contributed by atoms with Gasteiger partial charge in [-0.3, -0.25) is 14.7 Å². The first kappa shape index (κ1) is 15.3. The Morgan fingerprint density at radius 1 is 1.12 bits per heavy atom. The molecule has 1 saturated carbocycles. The van der Waals surface area contributed by atoms with Gasteiger partial charge in [-0.25, -0.2) is 4.98 Å². The van der Waals surface area contributed by atoms with Crippen molar-refractivity contribution in [1.82, 2.24) is 9.97 Å². The number of nitrogens with zero attached hydrogens (tertiary/aromatic N) is 3. The molecule has 0 saturated heterocycles. The Balaban J connectivity index is 1.69. The maximum atomic E-state index is 13.1. The normalized spacial score (nSPS) is 15.0. The molecular formula is C19H19N3OS. The van der Waals surface area contributed by atoms with Crippen molar-refractivity contribution in [3.63, 3.8) is 0 Å². The Morgan fingerprint density at radius 3 is 2.67 bits per heavy atom. The summed E-state index contributed by atoms with van der Waals surface area (Å²) in [5.74, 6) is 0.318. The zero-order valence-corrected chi connectivity index (χ0v) is 14.2. The lowest BCUT2D eigenvalue weighted by atomic mass is 10.1. The van der Waals surface area contributed by atoms with Crippen LogP contribution in [0.15, 0.2) is 48.7 Å². The van der Waals surface area contributed by atoms with Crippen LogP contribution in [0.4, 0.5) is 5.13 Å². The molecule has 1 aliphatic rings. The Hall–Kier alpha value is -2.27. The number of hydrogen-bond acceptors (Lipinski definition) is 4. The molecule has 24 heavy (non-hydrogen) atoms. The molecule has 1 amide bonds. The molecular weight excluding hydrogens is 318 g/mol. The number of para-hydroxylation sites is 1. The van der Waals surface area contributed by atoms with Crippen molar-refractivity contribution in [3.05, 3.63) is 54.4 Å². The lowest BCUT2D eigenvalue weighted by molar-refractivity contribution is -0.122. The van der Waals surface area contributed by atoms with Crippen molar-refractivity contribution in [2.45, 2.75) is 32.2 Å². The Kier molecular flexibility index (Phi) is 4.26. The predicted molar refractivity (Wildman–Crippen MR) is 97.0 cm³/mol. The van der Waals surface area contributed by atoms with E-state index in [4.69, 9.17) is 4.98 Å². The van der Waals surface area contributed by atoms with Gasteiger partial charge < -0.3 is 0 Å². The summed E-state index contributed by atoms with van der Waals surface area (Å²) in [6.07, 6.45) is 6.04. The largest absolute Gasteiger partial charge is 0.282 e. The summed E-state index contributed by atoms with van der Waals surface area (Å²) in [4.78, 5) is 24.0. The van der Waals surface area contributed by atoms with E-state index in [2.05, 4.69) is 11.1 Å². The molecule has 5 heteroatoms. The van der Waals surface area contributed by atoms with Crippen molar-refractivity contribution in [2.75, 3.05) is 4.90 Å². The van der Waals surface area contributed by atoms with Gasteiger partial charge in [0.05, 0.1) is 22.5 Å². The van der Waals surface area contributed by atoms with E-state index in [1.165, 1.54) is 0 Å². The molecule has 0 atom stereocenters. The molecule has 0 radical (unpaired) electrons. The quantitative estimate of drug-likeness (QED) is 0.708. The topological polar surface area (TPSA) is 46.1 Å². The summed E-state index contributed by atoms with van der Waals surface area (Å²) in [7, 11) is 0. The maximum Gasteiger partial charge on any atom is 0.232 e. The van der Waals surface area contributed by atoms with Crippen molar-refractivity contribution >= 4 is 32.6 Å². The summed E-state index contributed by atoms with van der Waals surface area (Å²) in [5.41, 5.74) is 1.84. The number of amides is 1. The van der Waals surface area contributed by atoms with Crippen LogP contribution in [0.25, 0.3) is 10.2 Å². The minimum absolute atomic E-state index is 0.126. The van der Waals surface area contributed by atoms with Gasteiger partial charge in [0.1, 0.15) is 0 Å². The van der Waals surface area contributed by atoms with Crippen LogP contribution in [0.5, 0.6) is 0 Å². The molecule has 4 rings (SSSR count). The first-order chi connectivity index (χ1) is 11.8. The number of anilines is 1. The average molecular weight is 337 g/mol. The molecule has 0 unspecified atom stereocenters. The van der Waals surface area contributed by atoms with Crippen LogP contribution in [0.2, 0.25) is 0 Å². The second kappa shape index (κ2) is 6.69. The summed E-state index contributed by atoms with van der Waals surface area (Å²) < 4.78 is 1.11. The monoisotopic (exact) mass is 337 g/mol. The van der Waals surface area contributed by atoms with Gasteiger partial charge in [-0.15, -0.1) is 0 Å². The fourth-order valence-corrected chi connectivity index (χ4v) is 4.23. The highest BCUT2D eigenvalue weighted by Gasteiger charge is 2.30. The van der Waals surface area contributed by atoms with Crippen LogP contribution in [0, 0.1) is 5.92 Å². The van der Waals surface area contributed by atoms with Crippen LogP contribution >= 0.6 is 11.3 Å². The third-order valence-electron chi connectivity index (χ3n) is 4.53. The number of pyridine rings is 1.